The summed E-state index contributed by atoms with van der Waals surface area (Å²) in [6.45, 7) is 10.2. The monoisotopic (exact) mass is 458 g/mol. The molecule has 1 aliphatic rings. The van der Waals surface area contributed by atoms with Crippen LogP contribution in [0.3, 0.4) is 0 Å². The molecule has 0 bridgehead atoms. The normalized spacial score (nSPS) is 11.0. The van der Waals surface area contributed by atoms with Crippen molar-refractivity contribution >= 4 is 5.97 Å². The van der Waals surface area contributed by atoms with Gasteiger partial charge in [-0.25, -0.2) is 4.39 Å². The first kappa shape index (κ1) is 30.1. The van der Waals surface area contributed by atoms with Gasteiger partial charge in [-0.05, 0) is 75.4 Å². The number of carbonyl (C=O) groups excluding carboxylic acids is 1. The van der Waals surface area contributed by atoms with Crippen molar-refractivity contribution in [3.63, 3.8) is 0 Å². The largest absolute Gasteiger partial charge is 0.497 e. The highest BCUT2D eigenvalue weighted by molar-refractivity contribution is 5.69. The lowest BCUT2D eigenvalue weighted by molar-refractivity contribution is -0.143. The smallest absolute Gasteiger partial charge is 0.305 e. The van der Waals surface area contributed by atoms with E-state index >= 15 is 0 Å². The van der Waals surface area contributed by atoms with Gasteiger partial charge in [0, 0.05) is 6.42 Å². The third kappa shape index (κ3) is 14.7. The zero-order valence-electron chi connectivity index (χ0n) is 20.9. The van der Waals surface area contributed by atoms with Crippen molar-refractivity contribution in [2.24, 2.45) is 0 Å². The predicted octanol–water partition coefficient (Wildman–Crippen LogP) is 6.87. The molecule has 3 rings (SSSR count). The summed E-state index contributed by atoms with van der Waals surface area (Å²) in [5, 5.41) is 8.88. The van der Waals surface area contributed by atoms with Crippen molar-refractivity contribution in [3.8, 4) is 5.75 Å². The molecule has 5 heteroatoms. The Morgan fingerprint density at radius 3 is 2.15 bits per heavy atom. The van der Waals surface area contributed by atoms with E-state index in [9.17, 15) is 9.18 Å². The van der Waals surface area contributed by atoms with Crippen molar-refractivity contribution in [1.82, 2.24) is 0 Å². The second-order valence-corrected chi connectivity index (χ2v) is 7.40. The first-order valence-corrected chi connectivity index (χ1v) is 11.2. The van der Waals surface area contributed by atoms with Crippen LogP contribution in [0.25, 0.3) is 0 Å². The van der Waals surface area contributed by atoms with Gasteiger partial charge in [-0.15, -0.1) is 0 Å². The van der Waals surface area contributed by atoms with Gasteiger partial charge >= 0.3 is 5.97 Å². The fourth-order valence-electron chi connectivity index (χ4n) is 2.49. The van der Waals surface area contributed by atoms with Gasteiger partial charge in [0.1, 0.15) is 11.6 Å². The number of halogens is 1. The summed E-state index contributed by atoms with van der Waals surface area (Å²) < 4.78 is 22.0. The molecule has 0 spiro atoms. The lowest BCUT2D eigenvalue weighted by Gasteiger charge is -2.04. The number of allylic oxidation sites excluding steroid dienone is 4. The van der Waals surface area contributed by atoms with E-state index in [0.717, 1.165) is 23.3 Å². The molecule has 0 fully saturated rings. The minimum atomic E-state index is -0.132. The molecule has 1 N–H and O–H groups in total. The number of carbonyl (C=O) groups is 1. The molecule has 0 saturated heterocycles. The minimum absolute atomic E-state index is 0.0725. The Hall–Kier alpha value is -2.92. The maximum absolute atomic E-state index is 12.3. The minimum Gasteiger partial charge on any atom is -0.497 e. The Morgan fingerprint density at radius 2 is 1.76 bits per heavy atom. The van der Waals surface area contributed by atoms with Crippen molar-refractivity contribution in [2.75, 3.05) is 13.7 Å². The summed E-state index contributed by atoms with van der Waals surface area (Å²) >= 11 is 0. The van der Waals surface area contributed by atoms with Crippen molar-refractivity contribution in [2.45, 2.75) is 60.5 Å². The van der Waals surface area contributed by atoms with Gasteiger partial charge in [0.25, 0.3) is 0 Å². The number of ether oxygens (including phenoxy) is 2. The number of methoxy groups -OCH3 is 1. The van der Waals surface area contributed by atoms with Crippen LogP contribution in [0.15, 0.2) is 66.3 Å². The summed E-state index contributed by atoms with van der Waals surface area (Å²) in [7, 11) is 1.62. The van der Waals surface area contributed by atoms with E-state index in [2.05, 4.69) is 29.9 Å². The van der Waals surface area contributed by atoms with Crippen molar-refractivity contribution in [3.05, 3.63) is 88.8 Å². The fraction of sp³-hybridized carbons (Fsp3) is 0.393. The predicted molar refractivity (Wildman–Crippen MR) is 134 cm³/mol. The molecular weight excluding hydrogens is 419 g/mol. The molecule has 0 unspecified atom stereocenters. The van der Waals surface area contributed by atoms with E-state index in [1.807, 2.05) is 45.0 Å². The molecule has 2 aromatic rings. The van der Waals surface area contributed by atoms with Crippen LogP contribution >= 0.6 is 0 Å². The van der Waals surface area contributed by atoms with Crippen molar-refractivity contribution < 1.29 is 23.8 Å². The van der Waals surface area contributed by atoms with E-state index in [0.29, 0.717) is 18.6 Å². The third-order valence-corrected chi connectivity index (χ3v) is 4.52. The van der Waals surface area contributed by atoms with Crippen LogP contribution < -0.4 is 4.74 Å². The van der Waals surface area contributed by atoms with Gasteiger partial charge in [0.15, 0.2) is 0 Å². The lowest BCUT2D eigenvalue weighted by Crippen LogP contribution is -2.01. The fourth-order valence-corrected chi connectivity index (χ4v) is 2.49. The molecule has 2 aromatic carbocycles. The number of hydrogen-bond donors (Lipinski definition) is 1. The average Bonchev–Trinajstić information content (AvgIpc) is 3.29. The molecule has 0 saturated carbocycles. The summed E-state index contributed by atoms with van der Waals surface area (Å²) in [6.07, 6.45) is 8.98. The Bertz CT molecular complexity index is 843. The SMILES string of the molecule is CC1=CC=CC1.CCCC(=O)OCC.COc1ccc(C)c(CO)c1.Cc1ccccc1F. The van der Waals surface area contributed by atoms with Gasteiger partial charge in [-0.2, -0.15) is 0 Å². The van der Waals surface area contributed by atoms with Gasteiger partial charge in [0.2, 0.25) is 0 Å². The summed E-state index contributed by atoms with van der Waals surface area (Å²) in [6, 6.07) is 12.4. The van der Waals surface area contributed by atoms with Gasteiger partial charge in [0.05, 0.1) is 20.3 Å². The topological polar surface area (TPSA) is 55.8 Å². The Labute approximate surface area is 198 Å². The first-order valence-electron chi connectivity index (χ1n) is 11.2. The molecule has 33 heavy (non-hydrogen) atoms. The van der Waals surface area contributed by atoms with Crippen molar-refractivity contribution in [1.29, 1.82) is 0 Å². The number of aliphatic hydroxyl groups is 1. The molecule has 0 aliphatic heterocycles. The van der Waals surface area contributed by atoms with Crippen LogP contribution in [0.1, 0.15) is 56.7 Å². The molecule has 0 aromatic heterocycles. The summed E-state index contributed by atoms with van der Waals surface area (Å²) in [4.78, 5) is 10.4. The second kappa shape index (κ2) is 18.6. The van der Waals surface area contributed by atoms with Gasteiger partial charge < -0.3 is 14.6 Å². The molecule has 182 valence electrons. The maximum Gasteiger partial charge on any atom is 0.305 e. The Kier molecular flexibility index (Phi) is 17.0. The second-order valence-electron chi connectivity index (χ2n) is 7.40. The molecular formula is C28H39FO4. The summed E-state index contributed by atoms with van der Waals surface area (Å²) in [5.41, 5.74) is 4.18. The van der Waals surface area contributed by atoms with E-state index in [-0.39, 0.29) is 18.4 Å². The zero-order valence-corrected chi connectivity index (χ0v) is 20.9. The standard InChI is InChI=1S/C9H12O2.C7H7F.C6H12O2.C6H8/c1-7-3-4-9(11-2)5-8(7)6-10;1-6-4-2-3-5-7(6)8;1-3-5-6(7)8-4-2;1-6-4-2-3-5-6/h3-5,10H,6H2,1-2H3;2-5H,1H3;3-5H2,1-2H3;2-4H,5H2,1H3. The van der Waals surface area contributed by atoms with Crippen LogP contribution in [-0.2, 0) is 16.1 Å². The molecule has 0 radical (unpaired) electrons. The van der Waals surface area contributed by atoms with Crippen LogP contribution in [0, 0.1) is 19.7 Å². The number of benzene rings is 2. The summed E-state index contributed by atoms with van der Waals surface area (Å²) in [5.74, 6) is 0.571. The first-order chi connectivity index (χ1) is 15.8. The van der Waals surface area contributed by atoms with E-state index in [1.54, 1.807) is 26.2 Å². The highest BCUT2D eigenvalue weighted by Crippen LogP contribution is 2.16. The van der Waals surface area contributed by atoms with E-state index in [4.69, 9.17) is 9.84 Å². The molecule has 0 heterocycles. The number of aliphatic hydroxyl groups excluding tert-OH is 1. The zero-order chi connectivity index (χ0) is 25.1. The Morgan fingerprint density at radius 1 is 1.06 bits per heavy atom. The van der Waals surface area contributed by atoms with Gasteiger partial charge in [-0.1, -0.05) is 55.0 Å². The van der Waals surface area contributed by atoms with E-state index < -0.39 is 0 Å². The lowest BCUT2D eigenvalue weighted by atomic mass is 10.1. The van der Waals surface area contributed by atoms with Crippen LogP contribution in [-0.4, -0.2) is 24.8 Å². The number of hydrogen-bond acceptors (Lipinski definition) is 4. The maximum atomic E-state index is 12.3. The quantitative estimate of drug-likeness (QED) is 0.497. The van der Waals surface area contributed by atoms with Crippen LogP contribution in [0.5, 0.6) is 5.75 Å². The Balaban J connectivity index is 0.000000423. The highest BCUT2D eigenvalue weighted by atomic mass is 19.1. The molecule has 1 aliphatic carbocycles. The van der Waals surface area contributed by atoms with E-state index in [1.165, 1.54) is 18.1 Å². The number of aryl methyl sites for hydroxylation is 2. The number of esters is 1. The van der Waals surface area contributed by atoms with Crippen LogP contribution in [0.4, 0.5) is 4.39 Å². The van der Waals surface area contributed by atoms with Gasteiger partial charge in [-0.3, -0.25) is 4.79 Å². The molecule has 0 atom stereocenters. The number of rotatable bonds is 5. The van der Waals surface area contributed by atoms with Crippen LogP contribution in [0.2, 0.25) is 0 Å². The average molecular weight is 459 g/mol. The molecule has 4 nitrogen and oxygen atoms in total. The third-order valence-electron chi connectivity index (χ3n) is 4.52. The molecule has 0 amide bonds. The highest BCUT2D eigenvalue weighted by Gasteiger charge is 1.98.